The molecule has 6 nitrogen and oxygen atoms in total. The van der Waals surface area contributed by atoms with Gasteiger partial charge in [-0.15, -0.1) is 0 Å². The predicted octanol–water partition coefficient (Wildman–Crippen LogP) is 18.1. The van der Waals surface area contributed by atoms with Gasteiger partial charge in [0.2, 0.25) is 34.5 Å². The highest BCUT2D eigenvalue weighted by Gasteiger charge is 2.32. The summed E-state index contributed by atoms with van der Waals surface area (Å²) in [7, 11) is 0. The number of hydrogen-bond donors (Lipinski definition) is 0. The van der Waals surface area contributed by atoms with Gasteiger partial charge in [0.05, 0.1) is 39.6 Å². The lowest BCUT2D eigenvalue weighted by Gasteiger charge is -2.26. The molecule has 0 N–H and O–H groups in total. The second kappa shape index (κ2) is 43.7. The molecule has 0 aromatic heterocycles. The van der Waals surface area contributed by atoms with E-state index in [9.17, 15) is 0 Å². The van der Waals surface area contributed by atoms with Crippen molar-refractivity contribution in [3.63, 3.8) is 0 Å². The third-order valence-electron chi connectivity index (χ3n) is 11.7. The molecule has 1 aromatic rings. The Balaban J connectivity index is 3.72. The standard InChI is InChI=1S/C54H102O6/c1-7-13-19-25-31-37-43-55-49-50(56-44-38-32-26-20-14-8-2)52(58-46-40-34-28-22-16-10-4)54(60-48-42-36-30-24-18-12-6)53(59-47-41-35-29-23-17-11-5)51(49)57-45-39-33-27-21-15-9-3/h7-48H2,1-6H3. The number of benzene rings is 1. The van der Waals surface area contributed by atoms with E-state index in [4.69, 9.17) is 28.4 Å². The van der Waals surface area contributed by atoms with Crippen LogP contribution in [0, 0.1) is 0 Å². The molecule has 0 radical (unpaired) electrons. The molecule has 0 amide bonds. The van der Waals surface area contributed by atoms with Gasteiger partial charge in [-0.25, -0.2) is 0 Å². The second-order valence-corrected chi connectivity index (χ2v) is 17.7. The highest BCUT2D eigenvalue weighted by atomic mass is 16.6. The van der Waals surface area contributed by atoms with Crippen molar-refractivity contribution in [3.8, 4) is 34.5 Å². The van der Waals surface area contributed by atoms with Crippen molar-refractivity contribution in [2.24, 2.45) is 0 Å². The summed E-state index contributed by atoms with van der Waals surface area (Å²) in [5, 5.41) is 0. The van der Waals surface area contributed by atoms with E-state index in [0.29, 0.717) is 74.1 Å². The second-order valence-electron chi connectivity index (χ2n) is 17.7. The Bertz CT molecular complexity index is 814. The van der Waals surface area contributed by atoms with E-state index in [0.717, 1.165) is 77.0 Å². The highest BCUT2D eigenvalue weighted by Crippen LogP contribution is 2.58. The molecule has 0 aliphatic carbocycles. The van der Waals surface area contributed by atoms with Crippen LogP contribution in [0.15, 0.2) is 0 Å². The average molecular weight is 847 g/mol. The average Bonchev–Trinajstić information content (AvgIpc) is 3.26. The molecular weight excluding hydrogens is 745 g/mol. The minimum atomic E-state index is 0.610. The molecule has 354 valence electrons. The van der Waals surface area contributed by atoms with Gasteiger partial charge in [-0.2, -0.15) is 0 Å². The van der Waals surface area contributed by atoms with Crippen LogP contribution in [0.5, 0.6) is 34.5 Å². The van der Waals surface area contributed by atoms with Gasteiger partial charge in [-0.05, 0) is 38.5 Å². The van der Waals surface area contributed by atoms with Crippen LogP contribution in [-0.4, -0.2) is 39.6 Å². The van der Waals surface area contributed by atoms with E-state index in [-0.39, 0.29) is 0 Å². The summed E-state index contributed by atoms with van der Waals surface area (Å²) in [6, 6.07) is 0. The lowest BCUT2D eigenvalue weighted by Crippen LogP contribution is -2.13. The zero-order chi connectivity index (χ0) is 43.4. The topological polar surface area (TPSA) is 55.4 Å². The van der Waals surface area contributed by atoms with Crippen molar-refractivity contribution in [1.29, 1.82) is 0 Å². The number of rotatable bonds is 48. The Morgan fingerprint density at radius 2 is 0.283 bits per heavy atom. The molecule has 0 saturated heterocycles. The third-order valence-corrected chi connectivity index (χ3v) is 11.7. The monoisotopic (exact) mass is 847 g/mol. The fourth-order valence-electron chi connectivity index (χ4n) is 7.74. The van der Waals surface area contributed by atoms with E-state index in [1.54, 1.807) is 0 Å². The maximum absolute atomic E-state index is 6.89. The first kappa shape index (κ1) is 56.0. The molecule has 0 aliphatic heterocycles. The summed E-state index contributed by atoms with van der Waals surface area (Å²) >= 11 is 0. The molecule has 0 atom stereocenters. The Morgan fingerprint density at radius 1 is 0.167 bits per heavy atom. The van der Waals surface area contributed by atoms with Gasteiger partial charge in [0.25, 0.3) is 0 Å². The zero-order valence-corrected chi connectivity index (χ0v) is 41.1. The summed E-state index contributed by atoms with van der Waals surface area (Å²) in [6.45, 7) is 17.3. The van der Waals surface area contributed by atoms with Crippen LogP contribution in [0.1, 0.15) is 273 Å². The van der Waals surface area contributed by atoms with Crippen molar-refractivity contribution in [3.05, 3.63) is 0 Å². The van der Waals surface area contributed by atoms with Crippen LogP contribution in [0.25, 0.3) is 0 Å². The molecular formula is C54H102O6. The summed E-state index contributed by atoms with van der Waals surface area (Å²) in [5.74, 6) is 3.94. The number of hydrogen-bond acceptors (Lipinski definition) is 6. The molecule has 1 rings (SSSR count). The van der Waals surface area contributed by atoms with Crippen molar-refractivity contribution >= 4 is 0 Å². The maximum atomic E-state index is 6.89. The van der Waals surface area contributed by atoms with Gasteiger partial charge in [0.15, 0.2) is 0 Å². The van der Waals surface area contributed by atoms with Gasteiger partial charge in [0.1, 0.15) is 0 Å². The normalized spacial score (nSPS) is 11.3. The maximum Gasteiger partial charge on any atom is 0.211 e. The van der Waals surface area contributed by atoms with E-state index in [2.05, 4.69) is 41.5 Å². The van der Waals surface area contributed by atoms with Crippen LogP contribution in [-0.2, 0) is 0 Å². The van der Waals surface area contributed by atoms with Gasteiger partial charge < -0.3 is 28.4 Å². The Labute approximate surface area is 374 Å². The Kier molecular flexibility index (Phi) is 40.8. The molecule has 0 aliphatic rings. The van der Waals surface area contributed by atoms with Crippen LogP contribution in [0.2, 0.25) is 0 Å². The van der Waals surface area contributed by atoms with Crippen LogP contribution in [0.4, 0.5) is 0 Å². The lowest BCUT2D eigenvalue weighted by molar-refractivity contribution is 0.188. The Hall–Kier alpha value is -1.98. The van der Waals surface area contributed by atoms with E-state index < -0.39 is 0 Å². The summed E-state index contributed by atoms with van der Waals surface area (Å²) < 4.78 is 41.3. The molecule has 0 fully saturated rings. The highest BCUT2D eigenvalue weighted by molar-refractivity contribution is 5.73. The molecule has 0 spiro atoms. The molecule has 0 saturated carbocycles. The van der Waals surface area contributed by atoms with Gasteiger partial charge in [-0.3, -0.25) is 0 Å². The molecule has 0 unspecified atom stereocenters. The van der Waals surface area contributed by atoms with E-state index in [1.165, 1.54) is 154 Å². The van der Waals surface area contributed by atoms with Crippen molar-refractivity contribution in [1.82, 2.24) is 0 Å². The molecule has 0 heterocycles. The van der Waals surface area contributed by atoms with Gasteiger partial charge in [0, 0.05) is 0 Å². The minimum absolute atomic E-state index is 0.610. The minimum Gasteiger partial charge on any atom is -0.486 e. The van der Waals surface area contributed by atoms with E-state index >= 15 is 0 Å². The van der Waals surface area contributed by atoms with Crippen molar-refractivity contribution in [2.45, 2.75) is 273 Å². The number of unbranched alkanes of at least 4 members (excludes halogenated alkanes) is 30. The van der Waals surface area contributed by atoms with Crippen molar-refractivity contribution < 1.29 is 28.4 Å². The Morgan fingerprint density at radius 3 is 0.417 bits per heavy atom. The lowest BCUT2D eigenvalue weighted by atomic mass is 10.1. The summed E-state index contributed by atoms with van der Waals surface area (Å²) in [4.78, 5) is 0. The van der Waals surface area contributed by atoms with E-state index in [1.807, 2.05) is 0 Å². The quantitative estimate of drug-likeness (QED) is 0.0609. The third kappa shape index (κ3) is 29.3. The van der Waals surface area contributed by atoms with Crippen molar-refractivity contribution in [2.75, 3.05) is 39.6 Å². The first-order valence-electron chi connectivity index (χ1n) is 26.7. The van der Waals surface area contributed by atoms with Crippen LogP contribution >= 0.6 is 0 Å². The smallest absolute Gasteiger partial charge is 0.211 e. The van der Waals surface area contributed by atoms with Crippen LogP contribution in [0.3, 0.4) is 0 Å². The van der Waals surface area contributed by atoms with Crippen LogP contribution < -0.4 is 28.4 Å². The molecule has 1 aromatic carbocycles. The fraction of sp³-hybridized carbons (Fsp3) is 0.889. The SMILES string of the molecule is CCCCCCCCOc1c(OCCCCCCCC)c(OCCCCCCCC)c(OCCCCCCCC)c(OCCCCCCCC)c1OCCCCCCCC. The molecule has 6 heteroatoms. The number of ether oxygens (including phenoxy) is 6. The predicted molar refractivity (Wildman–Crippen MR) is 260 cm³/mol. The first-order chi connectivity index (χ1) is 29.7. The molecule has 60 heavy (non-hydrogen) atoms. The molecule has 0 bridgehead atoms. The zero-order valence-electron chi connectivity index (χ0n) is 41.1. The van der Waals surface area contributed by atoms with Gasteiger partial charge in [-0.1, -0.05) is 234 Å². The van der Waals surface area contributed by atoms with Gasteiger partial charge >= 0.3 is 0 Å². The first-order valence-corrected chi connectivity index (χ1v) is 26.7. The largest absolute Gasteiger partial charge is 0.486 e. The summed E-state index contributed by atoms with van der Waals surface area (Å²) in [6.07, 6.45) is 43.4. The fourth-order valence-corrected chi connectivity index (χ4v) is 7.74. The summed E-state index contributed by atoms with van der Waals surface area (Å²) in [5.41, 5.74) is 0.